The van der Waals surface area contributed by atoms with Crippen LogP contribution in [0.4, 0.5) is 0 Å². The molecule has 0 bridgehead atoms. The van der Waals surface area contributed by atoms with Crippen molar-refractivity contribution in [3.63, 3.8) is 0 Å². The Hall–Kier alpha value is -0.0631. The van der Waals surface area contributed by atoms with Crippen molar-refractivity contribution < 1.29 is 19.7 Å². The van der Waals surface area contributed by atoms with Gasteiger partial charge in [-0.1, -0.05) is 0 Å². The summed E-state index contributed by atoms with van der Waals surface area (Å²) in [5.74, 6) is 0. The molecule has 0 radical (unpaired) electrons. The van der Waals surface area contributed by atoms with Gasteiger partial charge < -0.3 is 31.2 Å². The van der Waals surface area contributed by atoms with Crippen LogP contribution in [0.2, 0.25) is 12.6 Å². The molecular weight excluding hydrogens is 326 g/mol. The van der Waals surface area contributed by atoms with Gasteiger partial charge in [0.15, 0.2) is 0 Å². The molecule has 0 heterocycles. The van der Waals surface area contributed by atoms with Crippen molar-refractivity contribution in [3.8, 4) is 0 Å². The molecule has 0 aromatic carbocycles. The zero-order valence-electron chi connectivity index (χ0n) is 16.1. The molecule has 2 atom stereocenters. The first-order valence-corrected chi connectivity index (χ1v) is 11.4. The number of aliphatic hydroxyl groups is 3. The maximum Gasteiger partial charge on any atom is 0.211 e. The summed E-state index contributed by atoms with van der Waals surface area (Å²) in [6, 6.07) is 0.854. The first-order chi connectivity index (χ1) is 10.8. The molecule has 2 unspecified atom stereocenters. The highest BCUT2D eigenvalue weighted by Gasteiger charge is 2.45. The molecule has 0 rings (SSSR count). The number of nitrogens with two attached hydrogens (primary N) is 2. The average molecular weight is 366 g/mol. The third-order valence-corrected chi connectivity index (χ3v) is 9.41. The summed E-state index contributed by atoms with van der Waals surface area (Å²) < 4.78 is 6.18. The SMILES string of the molecule is CC(C)(N)O[Si](C)(CCCN(CO)CCCC(O)CO)C(C)(C)N. The van der Waals surface area contributed by atoms with Crippen LogP contribution in [-0.4, -0.2) is 72.0 Å². The summed E-state index contributed by atoms with van der Waals surface area (Å²) in [5.41, 5.74) is 11.7. The predicted octanol–water partition coefficient (Wildman–Crippen LogP) is 0.325. The van der Waals surface area contributed by atoms with Gasteiger partial charge in [0.2, 0.25) is 8.32 Å². The van der Waals surface area contributed by atoms with Gasteiger partial charge in [0.1, 0.15) is 0 Å². The second kappa shape index (κ2) is 10.2. The molecule has 146 valence electrons. The smallest absolute Gasteiger partial charge is 0.211 e. The van der Waals surface area contributed by atoms with Crippen molar-refractivity contribution >= 4 is 8.32 Å². The van der Waals surface area contributed by atoms with Crippen LogP contribution in [-0.2, 0) is 4.43 Å². The molecular formula is C16H39N3O4Si. The Labute approximate surface area is 148 Å². The highest BCUT2D eigenvalue weighted by atomic mass is 28.4. The Balaban J connectivity index is 4.48. The molecule has 8 heteroatoms. The number of rotatable bonds is 13. The molecule has 0 aliphatic heterocycles. The number of hydrogen-bond acceptors (Lipinski definition) is 7. The van der Waals surface area contributed by atoms with E-state index >= 15 is 0 Å². The second-order valence-electron chi connectivity index (χ2n) is 8.00. The fraction of sp³-hybridized carbons (Fsp3) is 1.00. The Morgan fingerprint density at radius 3 is 2.04 bits per heavy atom. The molecule has 0 amide bonds. The zero-order chi connectivity index (χ0) is 19.0. The van der Waals surface area contributed by atoms with Crippen molar-refractivity contribution in [2.45, 2.75) is 76.5 Å². The van der Waals surface area contributed by atoms with Crippen LogP contribution in [0.5, 0.6) is 0 Å². The maximum absolute atomic E-state index is 9.47. The molecule has 24 heavy (non-hydrogen) atoms. The van der Waals surface area contributed by atoms with E-state index in [9.17, 15) is 10.2 Å². The lowest BCUT2D eigenvalue weighted by atomic mass is 10.2. The van der Waals surface area contributed by atoms with Gasteiger partial charge in [-0.15, -0.1) is 0 Å². The highest BCUT2D eigenvalue weighted by molar-refractivity contribution is 6.75. The minimum atomic E-state index is -2.25. The lowest BCUT2D eigenvalue weighted by molar-refractivity contribution is 0.0713. The molecule has 0 aromatic heterocycles. The van der Waals surface area contributed by atoms with E-state index in [1.165, 1.54) is 0 Å². The first kappa shape index (κ1) is 23.9. The minimum Gasteiger partial charge on any atom is -0.398 e. The van der Waals surface area contributed by atoms with Crippen LogP contribution in [0.3, 0.4) is 0 Å². The van der Waals surface area contributed by atoms with Crippen LogP contribution >= 0.6 is 0 Å². The highest BCUT2D eigenvalue weighted by Crippen LogP contribution is 2.28. The molecule has 0 saturated carbocycles. The molecule has 0 aliphatic rings. The van der Waals surface area contributed by atoms with Crippen molar-refractivity contribution in [2.75, 3.05) is 26.4 Å². The topological polar surface area (TPSA) is 125 Å². The first-order valence-electron chi connectivity index (χ1n) is 8.74. The molecule has 7 N–H and O–H groups in total. The Bertz CT molecular complexity index is 347. The van der Waals surface area contributed by atoms with E-state index < -0.39 is 25.3 Å². The Morgan fingerprint density at radius 1 is 1.08 bits per heavy atom. The Kier molecular flexibility index (Phi) is 10.1. The summed E-state index contributed by atoms with van der Waals surface area (Å²) in [6.45, 7) is 11.0. The van der Waals surface area contributed by atoms with Crippen LogP contribution in [0.25, 0.3) is 0 Å². The van der Waals surface area contributed by atoms with Gasteiger partial charge in [0.05, 0.1) is 25.2 Å². The number of nitrogens with zero attached hydrogens (tertiary/aromatic N) is 1. The average Bonchev–Trinajstić information content (AvgIpc) is 2.42. The van der Waals surface area contributed by atoms with Gasteiger partial charge in [-0.25, -0.2) is 0 Å². The summed E-state index contributed by atoms with van der Waals surface area (Å²) >= 11 is 0. The van der Waals surface area contributed by atoms with E-state index in [1.54, 1.807) is 0 Å². The van der Waals surface area contributed by atoms with Gasteiger partial charge in [-0.05, 0) is 59.5 Å². The molecule has 0 spiro atoms. The van der Waals surface area contributed by atoms with Crippen LogP contribution < -0.4 is 11.5 Å². The van der Waals surface area contributed by atoms with Crippen molar-refractivity contribution in [3.05, 3.63) is 0 Å². The summed E-state index contributed by atoms with van der Waals surface area (Å²) in [6.07, 6.45) is 1.44. The Morgan fingerprint density at radius 2 is 1.62 bits per heavy atom. The largest absolute Gasteiger partial charge is 0.398 e. The van der Waals surface area contributed by atoms with Crippen LogP contribution in [0.1, 0.15) is 47.0 Å². The van der Waals surface area contributed by atoms with Crippen molar-refractivity contribution in [1.29, 1.82) is 0 Å². The summed E-state index contributed by atoms with van der Waals surface area (Å²) in [7, 11) is -2.25. The number of aliphatic hydroxyl groups excluding tert-OH is 3. The van der Waals surface area contributed by atoms with Crippen molar-refractivity contribution in [2.24, 2.45) is 11.5 Å². The van der Waals surface area contributed by atoms with E-state index in [1.807, 2.05) is 32.6 Å². The monoisotopic (exact) mass is 365 g/mol. The molecule has 0 aliphatic carbocycles. The van der Waals surface area contributed by atoms with Crippen molar-refractivity contribution in [1.82, 2.24) is 4.90 Å². The minimum absolute atomic E-state index is 0.0251. The second-order valence-corrected chi connectivity index (χ2v) is 12.5. The lowest BCUT2D eigenvalue weighted by Gasteiger charge is -2.43. The van der Waals surface area contributed by atoms with E-state index in [-0.39, 0.29) is 13.3 Å². The standard InChI is InChI=1S/C16H39N3O4Si/c1-15(2,17)23-24(5,16(3,4)18)11-7-10-19(13-21)9-6-8-14(22)12-20/h14,20-22H,6-13,17-18H2,1-5H3. The van der Waals surface area contributed by atoms with Crippen LogP contribution in [0.15, 0.2) is 0 Å². The maximum atomic E-state index is 9.47. The molecule has 0 fully saturated rings. The van der Waals surface area contributed by atoms with E-state index in [0.717, 1.165) is 25.4 Å². The number of hydrogen-bond donors (Lipinski definition) is 5. The summed E-state index contributed by atoms with van der Waals surface area (Å²) in [5, 5.41) is 27.2. The third kappa shape index (κ3) is 9.43. The van der Waals surface area contributed by atoms with Gasteiger partial charge in [0, 0.05) is 18.3 Å². The van der Waals surface area contributed by atoms with E-state index in [4.69, 9.17) is 21.0 Å². The molecule has 7 nitrogen and oxygen atoms in total. The van der Waals surface area contributed by atoms with E-state index in [2.05, 4.69) is 6.55 Å². The fourth-order valence-electron chi connectivity index (χ4n) is 2.62. The summed E-state index contributed by atoms with van der Waals surface area (Å²) in [4.78, 5) is 1.93. The molecule has 0 saturated heterocycles. The molecule has 0 aromatic rings. The van der Waals surface area contributed by atoms with E-state index in [0.29, 0.717) is 13.0 Å². The zero-order valence-corrected chi connectivity index (χ0v) is 17.1. The third-order valence-electron chi connectivity index (χ3n) is 4.40. The van der Waals surface area contributed by atoms with Gasteiger partial charge in [-0.2, -0.15) is 0 Å². The lowest BCUT2D eigenvalue weighted by Crippen LogP contribution is -2.64. The van der Waals surface area contributed by atoms with Gasteiger partial charge in [-0.3, -0.25) is 4.90 Å². The van der Waals surface area contributed by atoms with Crippen LogP contribution in [0, 0.1) is 0 Å². The van der Waals surface area contributed by atoms with Gasteiger partial charge >= 0.3 is 0 Å². The fourth-order valence-corrected chi connectivity index (χ4v) is 5.62. The normalized spacial score (nSPS) is 17.1. The van der Waals surface area contributed by atoms with Gasteiger partial charge in [0.25, 0.3) is 0 Å². The quantitative estimate of drug-likeness (QED) is 0.235. The predicted molar refractivity (Wildman–Crippen MR) is 99.6 cm³/mol.